The van der Waals surface area contributed by atoms with Gasteiger partial charge in [-0.25, -0.2) is 13.2 Å². The van der Waals surface area contributed by atoms with E-state index in [2.05, 4.69) is 20.7 Å². The summed E-state index contributed by atoms with van der Waals surface area (Å²) in [6, 6.07) is 12.2. The number of fused-ring (bicyclic) bond motifs is 1. The van der Waals surface area contributed by atoms with Gasteiger partial charge in [-0.1, -0.05) is 15.9 Å². The van der Waals surface area contributed by atoms with Crippen molar-refractivity contribution < 1.29 is 12.8 Å². The number of furan rings is 1. The average molecular weight is 522 g/mol. The number of thioether (sulfide) groups is 1. The quantitative estimate of drug-likeness (QED) is 0.373. The molecule has 0 atom stereocenters. The van der Waals surface area contributed by atoms with Crippen molar-refractivity contribution in [3.8, 4) is 0 Å². The zero-order valence-electron chi connectivity index (χ0n) is 17.0. The van der Waals surface area contributed by atoms with Crippen LogP contribution in [0.1, 0.15) is 11.3 Å². The summed E-state index contributed by atoms with van der Waals surface area (Å²) in [4.78, 5) is 13.3. The highest BCUT2D eigenvalue weighted by Gasteiger charge is 2.21. The molecule has 0 aliphatic rings. The topological polar surface area (TPSA) is 86.2 Å². The van der Waals surface area contributed by atoms with Crippen molar-refractivity contribution in [2.75, 3.05) is 4.72 Å². The van der Waals surface area contributed by atoms with Gasteiger partial charge in [-0.15, -0.1) is 11.8 Å². The van der Waals surface area contributed by atoms with E-state index in [1.807, 2.05) is 12.1 Å². The molecule has 0 bridgehead atoms. The molecule has 2 aromatic carbocycles. The van der Waals surface area contributed by atoms with Crippen LogP contribution in [0.25, 0.3) is 11.0 Å². The number of aromatic nitrogens is 2. The van der Waals surface area contributed by atoms with Gasteiger partial charge in [0.1, 0.15) is 5.76 Å². The molecule has 0 amide bonds. The first-order chi connectivity index (χ1) is 14.7. The molecular formula is C21H20BrN3O4S2. The number of hydrogen-bond acceptors (Lipinski definition) is 5. The molecule has 0 aliphatic heterocycles. The van der Waals surface area contributed by atoms with Crippen LogP contribution in [0.2, 0.25) is 0 Å². The minimum absolute atomic E-state index is 0.180. The molecule has 0 spiro atoms. The number of halogens is 1. The van der Waals surface area contributed by atoms with Gasteiger partial charge in [0.25, 0.3) is 10.0 Å². The number of anilines is 1. The third kappa shape index (κ3) is 4.19. The zero-order chi connectivity index (χ0) is 22.3. The second-order valence-corrected chi connectivity index (χ2v) is 10.7. The summed E-state index contributed by atoms with van der Waals surface area (Å²) in [5.74, 6) is 1.29. The first-order valence-corrected chi connectivity index (χ1v) is 12.6. The predicted octanol–water partition coefficient (Wildman–Crippen LogP) is 4.63. The van der Waals surface area contributed by atoms with Crippen LogP contribution in [0, 0.1) is 6.92 Å². The highest BCUT2D eigenvalue weighted by Crippen LogP contribution is 2.35. The maximum absolute atomic E-state index is 13.2. The second kappa shape index (κ2) is 8.25. The molecule has 1 N–H and O–H groups in total. The molecule has 0 fully saturated rings. The molecule has 10 heteroatoms. The van der Waals surface area contributed by atoms with E-state index in [4.69, 9.17) is 4.42 Å². The van der Waals surface area contributed by atoms with Crippen LogP contribution >= 0.6 is 27.7 Å². The SMILES string of the molecule is Cc1cc(Br)ccc1S(=O)(=O)Nc1cc2c(cc1SCc1ccco1)n(C)c(=O)n2C. The third-order valence-corrected chi connectivity index (χ3v) is 8.09. The Morgan fingerprint density at radius 1 is 1.10 bits per heavy atom. The van der Waals surface area contributed by atoms with Crippen LogP contribution in [0.4, 0.5) is 5.69 Å². The third-order valence-electron chi connectivity index (χ3n) is 4.99. The molecule has 0 aliphatic carbocycles. The second-order valence-electron chi connectivity index (χ2n) is 7.12. The van der Waals surface area contributed by atoms with Gasteiger partial charge in [0.05, 0.1) is 33.6 Å². The van der Waals surface area contributed by atoms with E-state index in [0.29, 0.717) is 27.4 Å². The Balaban J connectivity index is 1.81. The molecule has 31 heavy (non-hydrogen) atoms. The molecule has 2 aromatic heterocycles. The fourth-order valence-electron chi connectivity index (χ4n) is 3.38. The van der Waals surface area contributed by atoms with Gasteiger partial charge >= 0.3 is 5.69 Å². The standard InChI is InChI=1S/C21H20BrN3O4S2/c1-13-9-14(22)6-7-20(13)31(27,28)23-16-10-17-18(25(3)21(26)24(17)2)11-19(16)30-12-15-5-4-8-29-15/h4-11,23H,12H2,1-3H3. The summed E-state index contributed by atoms with van der Waals surface area (Å²) in [6.45, 7) is 1.75. The summed E-state index contributed by atoms with van der Waals surface area (Å²) < 4.78 is 38.3. The van der Waals surface area contributed by atoms with Gasteiger partial charge in [0.15, 0.2) is 0 Å². The van der Waals surface area contributed by atoms with Crippen molar-refractivity contribution in [2.45, 2.75) is 22.5 Å². The number of hydrogen-bond donors (Lipinski definition) is 1. The van der Waals surface area contributed by atoms with E-state index in [-0.39, 0.29) is 10.6 Å². The minimum atomic E-state index is -3.84. The Kier molecular flexibility index (Phi) is 5.80. The fourth-order valence-corrected chi connectivity index (χ4v) is 6.14. The molecule has 2 heterocycles. The summed E-state index contributed by atoms with van der Waals surface area (Å²) in [6.07, 6.45) is 1.60. The normalized spacial score (nSPS) is 11.9. The Morgan fingerprint density at radius 2 is 1.81 bits per heavy atom. The minimum Gasteiger partial charge on any atom is -0.468 e. The monoisotopic (exact) mass is 521 g/mol. The summed E-state index contributed by atoms with van der Waals surface area (Å²) in [5.41, 5.74) is 2.21. The fraction of sp³-hybridized carbons (Fsp3) is 0.190. The first-order valence-electron chi connectivity index (χ1n) is 9.31. The molecule has 7 nitrogen and oxygen atoms in total. The number of sulfonamides is 1. The summed E-state index contributed by atoms with van der Waals surface area (Å²) >= 11 is 4.80. The van der Waals surface area contributed by atoms with Crippen LogP contribution in [-0.4, -0.2) is 17.6 Å². The van der Waals surface area contributed by atoms with Crippen LogP contribution in [-0.2, 0) is 29.9 Å². The highest BCUT2D eigenvalue weighted by molar-refractivity contribution is 9.10. The Hall–Kier alpha value is -2.43. The number of imidazole rings is 1. The number of aryl methyl sites for hydroxylation is 3. The van der Waals surface area contributed by atoms with Crippen molar-refractivity contribution in [1.29, 1.82) is 0 Å². The van der Waals surface area contributed by atoms with Crippen molar-refractivity contribution in [3.63, 3.8) is 0 Å². The van der Waals surface area contributed by atoms with E-state index < -0.39 is 10.0 Å². The van der Waals surface area contributed by atoms with Crippen molar-refractivity contribution in [2.24, 2.45) is 14.1 Å². The molecule has 4 rings (SSSR count). The lowest BCUT2D eigenvalue weighted by atomic mass is 10.2. The number of rotatable bonds is 6. The van der Waals surface area contributed by atoms with E-state index in [1.54, 1.807) is 62.2 Å². The molecule has 162 valence electrons. The number of benzene rings is 2. The van der Waals surface area contributed by atoms with Gasteiger partial charge in [0.2, 0.25) is 0 Å². The molecular weight excluding hydrogens is 502 g/mol. The maximum atomic E-state index is 13.2. The molecule has 4 aromatic rings. The lowest BCUT2D eigenvalue weighted by molar-refractivity contribution is 0.530. The summed E-state index contributed by atoms with van der Waals surface area (Å²) in [7, 11) is -0.483. The Morgan fingerprint density at radius 3 is 2.45 bits per heavy atom. The maximum Gasteiger partial charge on any atom is 0.328 e. The Labute approximate surface area is 192 Å². The van der Waals surface area contributed by atoms with Crippen molar-refractivity contribution >= 4 is 54.4 Å². The molecule has 0 saturated carbocycles. The number of nitrogens with one attached hydrogen (secondary N) is 1. The van der Waals surface area contributed by atoms with Gasteiger partial charge in [-0.2, -0.15) is 0 Å². The molecule has 0 saturated heterocycles. The summed E-state index contributed by atoms with van der Waals surface area (Å²) in [5, 5.41) is 0. The van der Waals surface area contributed by atoms with Crippen molar-refractivity contribution in [1.82, 2.24) is 9.13 Å². The van der Waals surface area contributed by atoms with Gasteiger partial charge in [-0.05, 0) is 55.0 Å². The number of nitrogens with zero attached hydrogens (tertiary/aromatic N) is 2. The van der Waals surface area contributed by atoms with Gasteiger partial charge < -0.3 is 4.42 Å². The molecule has 0 unspecified atom stereocenters. The predicted molar refractivity (Wildman–Crippen MR) is 126 cm³/mol. The smallest absolute Gasteiger partial charge is 0.328 e. The van der Waals surface area contributed by atoms with Crippen molar-refractivity contribution in [3.05, 3.63) is 75.0 Å². The van der Waals surface area contributed by atoms with Crippen LogP contribution in [0.5, 0.6) is 0 Å². The van der Waals surface area contributed by atoms with Crippen LogP contribution < -0.4 is 10.4 Å². The van der Waals surface area contributed by atoms with E-state index >= 15 is 0 Å². The van der Waals surface area contributed by atoms with Gasteiger partial charge in [-0.3, -0.25) is 13.9 Å². The lowest BCUT2D eigenvalue weighted by Crippen LogP contribution is -2.19. The lowest BCUT2D eigenvalue weighted by Gasteiger charge is -2.15. The van der Waals surface area contributed by atoms with E-state index in [9.17, 15) is 13.2 Å². The van der Waals surface area contributed by atoms with E-state index in [1.165, 1.54) is 16.3 Å². The zero-order valence-corrected chi connectivity index (χ0v) is 20.3. The molecule has 0 radical (unpaired) electrons. The average Bonchev–Trinajstić information content (AvgIpc) is 3.30. The Bertz CT molecular complexity index is 1440. The van der Waals surface area contributed by atoms with Crippen LogP contribution in [0.15, 0.2) is 72.2 Å². The van der Waals surface area contributed by atoms with Crippen LogP contribution in [0.3, 0.4) is 0 Å². The highest BCUT2D eigenvalue weighted by atomic mass is 79.9. The first kappa shape index (κ1) is 21.8. The van der Waals surface area contributed by atoms with Gasteiger partial charge in [0, 0.05) is 23.5 Å². The van der Waals surface area contributed by atoms with E-state index in [0.717, 1.165) is 15.7 Å². The largest absolute Gasteiger partial charge is 0.468 e.